The Bertz CT molecular complexity index is 409. The molecule has 80 valence electrons. The lowest BCUT2D eigenvalue weighted by molar-refractivity contribution is -0.150. The zero-order valence-corrected chi connectivity index (χ0v) is 8.66. The molecule has 0 saturated heterocycles. The van der Waals surface area contributed by atoms with Crippen LogP contribution in [0.4, 0.5) is 0 Å². The Labute approximate surface area is 90.2 Å². The molecule has 15 heavy (non-hydrogen) atoms. The van der Waals surface area contributed by atoms with E-state index in [1.54, 1.807) is 0 Å². The molecule has 0 spiro atoms. The summed E-state index contributed by atoms with van der Waals surface area (Å²) in [6.45, 7) is 0. The van der Waals surface area contributed by atoms with Crippen LogP contribution in [-0.2, 0) is 16.0 Å². The molecule has 0 fully saturated rings. The lowest BCUT2D eigenvalue weighted by Gasteiger charge is -2.25. The molecule has 2 N–H and O–H groups in total. The summed E-state index contributed by atoms with van der Waals surface area (Å²) in [7, 11) is 0. The van der Waals surface area contributed by atoms with Crippen LogP contribution in [0.25, 0.3) is 0 Å². The Kier molecular flexibility index (Phi) is 2.48. The first kappa shape index (κ1) is 10.2. The molecule has 0 radical (unpaired) electrons. The molecular weight excluding hydrogens is 216 g/mol. The largest absolute Gasteiger partial charge is 0.481 e. The third-order valence-corrected chi connectivity index (χ3v) is 3.82. The molecule has 0 aromatic carbocycles. The van der Waals surface area contributed by atoms with Gasteiger partial charge >= 0.3 is 11.9 Å². The fourth-order valence-electron chi connectivity index (χ4n) is 2.04. The van der Waals surface area contributed by atoms with Gasteiger partial charge in [0.15, 0.2) is 0 Å². The molecule has 0 unspecified atom stereocenters. The van der Waals surface area contributed by atoms with Crippen LogP contribution >= 0.6 is 11.3 Å². The van der Waals surface area contributed by atoms with E-state index >= 15 is 0 Å². The normalized spacial score (nSPS) is 24.5. The number of carboxylic acids is 2. The third kappa shape index (κ3) is 1.63. The predicted molar refractivity (Wildman–Crippen MR) is 54.1 cm³/mol. The summed E-state index contributed by atoms with van der Waals surface area (Å²) < 4.78 is 0. The summed E-state index contributed by atoms with van der Waals surface area (Å²) in [5.74, 6) is -3.70. The first-order chi connectivity index (χ1) is 7.11. The number of hydrogen-bond donors (Lipinski definition) is 2. The summed E-state index contributed by atoms with van der Waals surface area (Å²) >= 11 is 1.34. The van der Waals surface area contributed by atoms with E-state index in [1.807, 2.05) is 11.4 Å². The van der Waals surface area contributed by atoms with E-state index in [2.05, 4.69) is 0 Å². The van der Waals surface area contributed by atoms with E-state index in [9.17, 15) is 9.59 Å². The van der Waals surface area contributed by atoms with Gasteiger partial charge in [0.1, 0.15) is 5.92 Å². The minimum atomic E-state index is -1.04. The number of thiophene rings is 1. The van der Waals surface area contributed by atoms with Crippen molar-refractivity contribution in [3.8, 4) is 0 Å². The number of carbonyl (C=O) groups is 2. The van der Waals surface area contributed by atoms with Crippen LogP contribution in [0, 0.1) is 5.92 Å². The summed E-state index contributed by atoms with van der Waals surface area (Å²) in [5, 5.41) is 19.9. The number of rotatable bonds is 2. The van der Waals surface area contributed by atoms with Crippen LogP contribution in [0.2, 0.25) is 0 Å². The molecule has 1 heterocycles. The number of carboxylic acid groups (broad SMARTS) is 2. The van der Waals surface area contributed by atoms with E-state index in [0.717, 1.165) is 5.56 Å². The van der Waals surface area contributed by atoms with Gasteiger partial charge < -0.3 is 10.2 Å². The Morgan fingerprint density at radius 2 is 2.07 bits per heavy atom. The standard InChI is InChI=1S/C10H10O4S/c11-9(12)6-2-1-5-3-4-15-8(5)7(6)10(13)14/h3-4,6-7H,1-2H2,(H,11,12)(H,13,14)/t6-,7-/m1/s1. The maximum atomic E-state index is 11.1. The van der Waals surface area contributed by atoms with Crippen molar-refractivity contribution in [3.05, 3.63) is 21.9 Å². The zero-order valence-electron chi connectivity index (χ0n) is 7.84. The van der Waals surface area contributed by atoms with E-state index in [1.165, 1.54) is 11.3 Å². The number of hydrogen-bond acceptors (Lipinski definition) is 3. The summed E-state index contributed by atoms with van der Waals surface area (Å²) in [4.78, 5) is 22.7. The van der Waals surface area contributed by atoms with Gasteiger partial charge in [-0.3, -0.25) is 9.59 Å². The van der Waals surface area contributed by atoms with Crippen molar-refractivity contribution < 1.29 is 19.8 Å². The quantitative estimate of drug-likeness (QED) is 0.802. The van der Waals surface area contributed by atoms with E-state index in [4.69, 9.17) is 10.2 Å². The molecular formula is C10H10O4S. The first-order valence-electron chi connectivity index (χ1n) is 4.63. The van der Waals surface area contributed by atoms with Crippen LogP contribution in [-0.4, -0.2) is 22.2 Å². The zero-order chi connectivity index (χ0) is 11.0. The molecule has 0 bridgehead atoms. The monoisotopic (exact) mass is 226 g/mol. The Hall–Kier alpha value is -1.36. The minimum absolute atomic E-state index is 0.413. The molecule has 0 saturated carbocycles. The second kappa shape index (κ2) is 3.66. The van der Waals surface area contributed by atoms with Crippen molar-refractivity contribution >= 4 is 23.3 Å². The van der Waals surface area contributed by atoms with E-state index in [0.29, 0.717) is 17.7 Å². The van der Waals surface area contributed by atoms with Crippen molar-refractivity contribution in [2.75, 3.05) is 0 Å². The van der Waals surface area contributed by atoms with Gasteiger partial charge in [0, 0.05) is 4.88 Å². The molecule has 1 aromatic heterocycles. The van der Waals surface area contributed by atoms with Crippen LogP contribution < -0.4 is 0 Å². The van der Waals surface area contributed by atoms with Crippen molar-refractivity contribution in [2.24, 2.45) is 5.92 Å². The van der Waals surface area contributed by atoms with Crippen LogP contribution in [0.5, 0.6) is 0 Å². The predicted octanol–water partition coefficient (Wildman–Crippen LogP) is 1.56. The lowest BCUT2D eigenvalue weighted by Crippen LogP contribution is -2.31. The molecule has 0 aliphatic heterocycles. The minimum Gasteiger partial charge on any atom is -0.481 e. The Morgan fingerprint density at radius 3 is 2.67 bits per heavy atom. The molecule has 2 atom stereocenters. The second-order valence-corrected chi connectivity index (χ2v) is 4.56. The van der Waals surface area contributed by atoms with Crippen molar-refractivity contribution in [1.82, 2.24) is 0 Å². The average Bonchev–Trinajstić information content (AvgIpc) is 2.62. The summed E-state index contributed by atoms with van der Waals surface area (Å²) in [5.41, 5.74) is 0.991. The van der Waals surface area contributed by atoms with Crippen LogP contribution in [0.1, 0.15) is 22.8 Å². The first-order valence-corrected chi connectivity index (χ1v) is 5.51. The van der Waals surface area contributed by atoms with Gasteiger partial charge in [0.05, 0.1) is 5.92 Å². The topological polar surface area (TPSA) is 74.6 Å². The number of fused-ring (bicyclic) bond motifs is 1. The van der Waals surface area contributed by atoms with Gasteiger partial charge in [-0.05, 0) is 29.9 Å². The van der Waals surface area contributed by atoms with Crippen molar-refractivity contribution in [2.45, 2.75) is 18.8 Å². The van der Waals surface area contributed by atoms with Gasteiger partial charge in [-0.2, -0.15) is 0 Å². The van der Waals surface area contributed by atoms with Crippen molar-refractivity contribution in [1.29, 1.82) is 0 Å². The molecule has 0 amide bonds. The molecule has 5 heteroatoms. The molecule has 4 nitrogen and oxygen atoms in total. The van der Waals surface area contributed by atoms with Gasteiger partial charge in [-0.15, -0.1) is 11.3 Å². The average molecular weight is 226 g/mol. The van der Waals surface area contributed by atoms with E-state index < -0.39 is 23.8 Å². The maximum Gasteiger partial charge on any atom is 0.312 e. The summed E-state index contributed by atoms with van der Waals surface area (Å²) in [6.07, 6.45) is 1.08. The van der Waals surface area contributed by atoms with E-state index in [-0.39, 0.29) is 0 Å². The number of aliphatic carboxylic acids is 2. The highest BCUT2D eigenvalue weighted by Crippen LogP contribution is 2.39. The fraction of sp³-hybridized carbons (Fsp3) is 0.400. The highest BCUT2D eigenvalue weighted by molar-refractivity contribution is 7.10. The fourth-order valence-corrected chi connectivity index (χ4v) is 3.15. The maximum absolute atomic E-state index is 11.1. The van der Waals surface area contributed by atoms with Gasteiger partial charge in [0.25, 0.3) is 0 Å². The highest BCUT2D eigenvalue weighted by atomic mass is 32.1. The Balaban J connectivity index is 2.43. The van der Waals surface area contributed by atoms with Crippen LogP contribution in [0.3, 0.4) is 0 Å². The lowest BCUT2D eigenvalue weighted by atomic mass is 9.80. The Morgan fingerprint density at radius 1 is 1.33 bits per heavy atom. The van der Waals surface area contributed by atoms with Crippen LogP contribution in [0.15, 0.2) is 11.4 Å². The van der Waals surface area contributed by atoms with Crippen molar-refractivity contribution in [3.63, 3.8) is 0 Å². The molecule has 1 aliphatic rings. The molecule has 2 rings (SSSR count). The smallest absolute Gasteiger partial charge is 0.312 e. The second-order valence-electron chi connectivity index (χ2n) is 3.61. The number of aryl methyl sites for hydroxylation is 1. The van der Waals surface area contributed by atoms with Gasteiger partial charge in [0.2, 0.25) is 0 Å². The third-order valence-electron chi connectivity index (χ3n) is 2.77. The highest BCUT2D eigenvalue weighted by Gasteiger charge is 2.39. The molecule has 1 aliphatic carbocycles. The SMILES string of the molecule is O=C(O)[C@@H]1CCc2ccsc2[C@@H]1C(=O)O. The van der Waals surface area contributed by atoms with Gasteiger partial charge in [-0.25, -0.2) is 0 Å². The summed E-state index contributed by atoms with van der Waals surface area (Å²) in [6, 6.07) is 1.88. The van der Waals surface area contributed by atoms with Gasteiger partial charge in [-0.1, -0.05) is 0 Å². The molecule has 1 aromatic rings.